The van der Waals surface area contributed by atoms with Crippen LogP contribution in [0.1, 0.15) is 49.9 Å². The van der Waals surface area contributed by atoms with Crippen LogP contribution >= 0.6 is 35.4 Å². The summed E-state index contributed by atoms with van der Waals surface area (Å²) in [5.74, 6) is -1.09. The van der Waals surface area contributed by atoms with Crippen molar-refractivity contribution in [1.82, 2.24) is 20.9 Å². The first-order valence-corrected chi connectivity index (χ1v) is 15.2. The van der Waals surface area contributed by atoms with Gasteiger partial charge in [0.1, 0.15) is 17.3 Å². The predicted molar refractivity (Wildman–Crippen MR) is 171 cm³/mol. The van der Waals surface area contributed by atoms with Crippen molar-refractivity contribution in [2.24, 2.45) is 11.7 Å². The molecular weight excluding hydrogens is 613 g/mol. The molecule has 2 aromatic carbocycles. The molecule has 0 saturated heterocycles. The van der Waals surface area contributed by atoms with E-state index >= 15 is 0 Å². The van der Waals surface area contributed by atoms with Crippen LogP contribution in [0.3, 0.4) is 0 Å². The number of nitrogens with two attached hydrogens (primary N) is 1. The number of aryl methyl sites for hydroxylation is 2. The highest BCUT2D eigenvalue weighted by molar-refractivity contribution is 7.80. The van der Waals surface area contributed by atoms with E-state index in [1.807, 2.05) is 13.8 Å². The second kappa shape index (κ2) is 13.4. The lowest BCUT2D eigenvalue weighted by Gasteiger charge is -2.39. The summed E-state index contributed by atoms with van der Waals surface area (Å²) in [6.07, 6.45) is 0.508. The Morgan fingerprint density at radius 1 is 1.16 bits per heavy atom. The SMILES string of the molecule is CCC(C)C(NC(=O)C1(NC(=O)C(CCc2ccc(O)cc2)NC(=O)O)CCc2[nH]c3c(Cl)cc(Cl)cc3c2C1)C(N)=S. The van der Waals surface area contributed by atoms with E-state index in [0.717, 1.165) is 22.2 Å². The van der Waals surface area contributed by atoms with Crippen LogP contribution in [0, 0.1) is 5.92 Å². The number of fused-ring (bicyclic) bond motifs is 3. The number of nitrogens with one attached hydrogen (secondary N) is 4. The number of aromatic hydroxyl groups is 1. The Kier molecular flexibility index (Phi) is 10.1. The molecule has 3 amide bonds. The van der Waals surface area contributed by atoms with Gasteiger partial charge in [0.15, 0.2) is 0 Å². The van der Waals surface area contributed by atoms with E-state index < -0.39 is 35.5 Å². The lowest BCUT2D eigenvalue weighted by Crippen LogP contribution is -2.66. The first kappa shape index (κ1) is 32.4. The number of phenols is 1. The standard InChI is InChI=1S/C30H35Cl2N5O5S/c1-3-15(2)24(26(33)43)36-28(40)30(11-10-22-20(14-30)19-12-17(31)13-21(32)25(19)34-22)37-27(39)23(35-29(41)42)9-6-16-4-7-18(38)8-5-16/h4-5,7-8,12-13,15,23-24,34-35,38H,3,6,9-11,14H2,1-2H3,(H2,33,43)(H,36,40)(H,37,39)(H,41,42). The van der Waals surface area contributed by atoms with E-state index in [9.17, 15) is 24.6 Å². The zero-order valence-electron chi connectivity index (χ0n) is 23.8. The molecule has 10 nitrogen and oxygen atoms in total. The van der Waals surface area contributed by atoms with Gasteiger partial charge in [-0.2, -0.15) is 0 Å². The van der Waals surface area contributed by atoms with E-state index in [0.29, 0.717) is 34.8 Å². The van der Waals surface area contributed by atoms with Crippen LogP contribution in [-0.2, 0) is 28.9 Å². The number of carbonyl (C=O) groups is 3. The summed E-state index contributed by atoms with van der Waals surface area (Å²) in [5, 5.41) is 28.9. The molecule has 1 heterocycles. The number of phenolic OH excluding ortho intramolecular Hbond substituents is 1. The molecule has 0 aliphatic heterocycles. The number of thiocarbonyl (C=S) groups is 1. The maximum atomic E-state index is 14.2. The number of aromatic amines is 1. The Balaban J connectivity index is 1.70. The van der Waals surface area contributed by atoms with Gasteiger partial charge in [-0.3, -0.25) is 9.59 Å². The summed E-state index contributed by atoms with van der Waals surface area (Å²) >= 11 is 18.1. The molecular formula is C30H35Cl2N5O5S. The maximum Gasteiger partial charge on any atom is 0.405 e. The molecule has 230 valence electrons. The van der Waals surface area contributed by atoms with Gasteiger partial charge in [-0.25, -0.2) is 4.79 Å². The van der Waals surface area contributed by atoms with Gasteiger partial charge in [-0.05, 0) is 67.0 Å². The van der Waals surface area contributed by atoms with Crippen LogP contribution in [0.4, 0.5) is 4.79 Å². The van der Waals surface area contributed by atoms with Crippen molar-refractivity contribution in [3.8, 4) is 5.75 Å². The minimum atomic E-state index is -1.46. The van der Waals surface area contributed by atoms with Gasteiger partial charge in [0.2, 0.25) is 11.8 Å². The lowest BCUT2D eigenvalue weighted by molar-refractivity contribution is -0.135. The van der Waals surface area contributed by atoms with Crippen molar-refractivity contribution in [2.75, 3.05) is 0 Å². The number of amides is 3. The Morgan fingerprint density at radius 2 is 1.86 bits per heavy atom. The second-order valence-corrected chi connectivity index (χ2v) is 12.4. The average molecular weight is 649 g/mol. The van der Waals surface area contributed by atoms with Gasteiger partial charge < -0.3 is 36.9 Å². The fourth-order valence-electron chi connectivity index (χ4n) is 5.55. The van der Waals surface area contributed by atoms with Crippen molar-refractivity contribution in [3.63, 3.8) is 0 Å². The summed E-state index contributed by atoms with van der Waals surface area (Å²) in [5.41, 5.74) is 7.69. The fourth-order valence-corrected chi connectivity index (χ4v) is 6.38. The highest BCUT2D eigenvalue weighted by Gasteiger charge is 2.46. The molecule has 0 spiro atoms. The number of rotatable bonds is 11. The first-order valence-electron chi connectivity index (χ1n) is 14.0. The Bertz CT molecular complexity index is 1550. The Labute approximate surface area is 264 Å². The van der Waals surface area contributed by atoms with Crippen LogP contribution < -0.4 is 21.7 Å². The van der Waals surface area contributed by atoms with Crippen molar-refractivity contribution in [2.45, 2.75) is 70.0 Å². The molecule has 1 aromatic heterocycles. The third-order valence-corrected chi connectivity index (χ3v) is 8.95. The zero-order valence-corrected chi connectivity index (χ0v) is 26.1. The van der Waals surface area contributed by atoms with Gasteiger partial charge in [-0.15, -0.1) is 0 Å². The predicted octanol–water partition coefficient (Wildman–Crippen LogP) is 4.61. The molecule has 1 aliphatic carbocycles. The van der Waals surface area contributed by atoms with Crippen LogP contribution in [0.15, 0.2) is 36.4 Å². The van der Waals surface area contributed by atoms with Gasteiger partial charge >= 0.3 is 6.09 Å². The minimum Gasteiger partial charge on any atom is -0.508 e. The van der Waals surface area contributed by atoms with Crippen molar-refractivity contribution < 1.29 is 24.6 Å². The molecule has 3 aromatic rings. The maximum absolute atomic E-state index is 14.2. The molecule has 4 unspecified atom stereocenters. The molecule has 43 heavy (non-hydrogen) atoms. The normalized spacial score (nSPS) is 18.2. The number of benzene rings is 2. The smallest absolute Gasteiger partial charge is 0.405 e. The molecule has 0 fully saturated rings. The number of hydrogen-bond donors (Lipinski definition) is 7. The topological polar surface area (TPSA) is 170 Å². The number of carbonyl (C=O) groups excluding carboxylic acids is 2. The van der Waals surface area contributed by atoms with Crippen LogP contribution in [-0.4, -0.2) is 55.7 Å². The Hall–Kier alpha value is -3.54. The highest BCUT2D eigenvalue weighted by Crippen LogP contribution is 2.38. The quantitative estimate of drug-likeness (QED) is 0.149. The lowest BCUT2D eigenvalue weighted by atomic mass is 9.78. The van der Waals surface area contributed by atoms with Crippen LogP contribution in [0.25, 0.3) is 10.9 Å². The van der Waals surface area contributed by atoms with E-state index in [2.05, 4.69) is 20.9 Å². The monoisotopic (exact) mass is 647 g/mol. The van der Waals surface area contributed by atoms with Crippen LogP contribution in [0.5, 0.6) is 5.75 Å². The molecule has 0 bridgehead atoms. The average Bonchev–Trinajstić information content (AvgIpc) is 3.31. The highest BCUT2D eigenvalue weighted by atomic mass is 35.5. The Morgan fingerprint density at radius 3 is 2.49 bits per heavy atom. The first-order chi connectivity index (χ1) is 20.3. The van der Waals surface area contributed by atoms with Gasteiger partial charge in [-0.1, -0.05) is 67.8 Å². The number of aromatic nitrogens is 1. The summed E-state index contributed by atoms with van der Waals surface area (Å²) in [6.45, 7) is 3.89. The van der Waals surface area contributed by atoms with Gasteiger partial charge in [0.25, 0.3) is 0 Å². The number of carboxylic acid groups (broad SMARTS) is 1. The minimum absolute atomic E-state index is 0.0641. The van der Waals surface area contributed by atoms with E-state index in [-0.39, 0.29) is 35.9 Å². The largest absolute Gasteiger partial charge is 0.508 e. The van der Waals surface area contributed by atoms with Gasteiger partial charge in [0.05, 0.1) is 21.6 Å². The summed E-state index contributed by atoms with van der Waals surface area (Å²) in [7, 11) is 0. The number of halogens is 2. The molecule has 1 aliphatic rings. The summed E-state index contributed by atoms with van der Waals surface area (Å²) in [6, 6.07) is 8.04. The van der Waals surface area contributed by atoms with Crippen molar-refractivity contribution in [1.29, 1.82) is 0 Å². The van der Waals surface area contributed by atoms with E-state index in [4.69, 9.17) is 41.2 Å². The van der Waals surface area contributed by atoms with Crippen LogP contribution in [0.2, 0.25) is 10.0 Å². The molecule has 0 radical (unpaired) electrons. The molecule has 8 N–H and O–H groups in total. The third kappa shape index (κ3) is 7.34. The molecule has 4 atom stereocenters. The summed E-state index contributed by atoms with van der Waals surface area (Å²) < 4.78 is 0. The number of H-pyrrole nitrogens is 1. The van der Waals surface area contributed by atoms with Crippen molar-refractivity contribution >= 4 is 69.2 Å². The molecule has 4 rings (SSSR count). The van der Waals surface area contributed by atoms with E-state index in [1.165, 1.54) is 12.1 Å². The summed E-state index contributed by atoms with van der Waals surface area (Å²) in [4.78, 5) is 43.1. The second-order valence-electron chi connectivity index (χ2n) is 11.1. The third-order valence-electron chi connectivity index (χ3n) is 8.18. The molecule has 0 saturated carbocycles. The fraction of sp³-hybridized carbons (Fsp3) is 0.400. The van der Waals surface area contributed by atoms with E-state index in [1.54, 1.807) is 24.3 Å². The number of hydrogen-bond acceptors (Lipinski definition) is 5. The van der Waals surface area contributed by atoms with Gasteiger partial charge in [0, 0.05) is 22.5 Å². The molecule has 13 heteroatoms. The van der Waals surface area contributed by atoms with Crippen molar-refractivity contribution in [3.05, 3.63) is 63.3 Å². The zero-order chi connectivity index (χ0) is 31.5.